The van der Waals surface area contributed by atoms with E-state index in [4.69, 9.17) is 9.47 Å². The average Bonchev–Trinajstić information content (AvgIpc) is 2.94. The summed E-state index contributed by atoms with van der Waals surface area (Å²) in [5.41, 5.74) is 0. The van der Waals surface area contributed by atoms with E-state index in [-0.39, 0.29) is 0 Å². The summed E-state index contributed by atoms with van der Waals surface area (Å²) in [6, 6.07) is 0.641. The molecule has 4 unspecified atom stereocenters. The molecule has 100 valence electrons. The van der Waals surface area contributed by atoms with Crippen LogP contribution in [0.5, 0.6) is 0 Å². The van der Waals surface area contributed by atoms with Crippen molar-refractivity contribution in [2.75, 3.05) is 33.5 Å². The number of methoxy groups -OCH3 is 1. The van der Waals surface area contributed by atoms with Crippen LogP contribution in [0, 0.1) is 11.8 Å². The highest BCUT2D eigenvalue weighted by Crippen LogP contribution is 2.44. The Labute approximate surface area is 104 Å². The molecule has 0 aromatic heterocycles. The molecule has 2 saturated carbocycles. The van der Waals surface area contributed by atoms with Gasteiger partial charge in [0.2, 0.25) is 0 Å². The summed E-state index contributed by atoms with van der Waals surface area (Å²) in [4.78, 5) is 0. The van der Waals surface area contributed by atoms with Crippen LogP contribution < -0.4 is 5.32 Å². The molecule has 4 nitrogen and oxygen atoms in total. The Balaban J connectivity index is 1.52. The summed E-state index contributed by atoms with van der Waals surface area (Å²) in [6.07, 6.45) is 5.11. The van der Waals surface area contributed by atoms with Crippen LogP contribution in [-0.2, 0) is 9.47 Å². The van der Waals surface area contributed by atoms with Crippen LogP contribution in [0.4, 0.5) is 0 Å². The van der Waals surface area contributed by atoms with Gasteiger partial charge in [-0.15, -0.1) is 0 Å². The van der Waals surface area contributed by atoms with Crippen LogP contribution in [0.15, 0.2) is 0 Å². The van der Waals surface area contributed by atoms with Crippen molar-refractivity contribution in [3.05, 3.63) is 0 Å². The van der Waals surface area contributed by atoms with Crippen LogP contribution in [0.1, 0.15) is 25.7 Å². The number of fused-ring (bicyclic) bond motifs is 2. The van der Waals surface area contributed by atoms with Gasteiger partial charge >= 0.3 is 0 Å². The van der Waals surface area contributed by atoms with Gasteiger partial charge in [0.15, 0.2) is 0 Å². The molecule has 2 bridgehead atoms. The number of ether oxygens (including phenoxy) is 2. The molecule has 2 N–H and O–H groups in total. The molecule has 0 heterocycles. The molecule has 2 aliphatic carbocycles. The van der Waals surface area contributed by atoms with Crippen LogP contribution in [-0.4, -0.2) is 50.7 Å². The molecule has 0 spiro atoms. The Morgan fingerprint density at radius 1 is 1.29 bits per heavy atom. The van der Waals surface area contributed by atoms with E-state index < -0.39 is 6.10 Å². The first kappa shape index (κ1) is 13.3. The second-order valence-corrected chi connectivity index (χ2v) is 5.41. The quantitative estimate of drug-likeness (QED) is 0.619. The van der Waals surface area contributed by atoms with Gasteiger partial charge < -0.3 is 19.9 Å². The second kappa shape index (κ2) is 6.69. The second-order valence-electron chi connectivity index (χ2n) is 5.41. The zero-order valence-electron chi connectivity index (χ0n) is 10.7. The van der Waals surface area contributed by atoms with E-state index in [1.54, 1.807) is 7.11 Å². The van der Waals surface area contributed by atoms with Crippen molar-refractivity contribution >= 4 is 0 Å². The highest BCUT2D eigenvalue weighted by atomic mass is 16.5. The Bertz CT molecular complexity index is 225. The third kappa shape index (κ3) is 3.91. The van der Waals surface area contributed by atoms with Crippen molar-refractivity contribution in [3.63, 3.8) is 0 Å². The molecule has 4 heteroatoms. The van der Waals surface area contributed by atoms with Gasteiger partial charge in [0.1, 0.15) is 0 Å². The molecule has 0 saturated heterocycles. The number of nitrogens with one attached hydrogen (secondary N) is 1. The molecule has 2 rings (SSSR count). The zero-order chi connectivity index (χ0) is 12.1. The summed E-state index contributed by atoms with van der Waals surface area (Å²) in [5, 5.41) is 13.2. The smallest absolute Gasteiger partial charge is 0.0897 e. The van der Waals surface area contributed by atoms with Crippen molar-refractivity contribution in [1.82, 2.24) is 5.32 Å². The van der Waals surface area contributed by atoms with Gasteiger partial charge in [0, 0.05) is 19.7 Å². The predicted molar refractivity (Wildman–Crippen MR) is 65.9 cm³/mol. The highest BCUT2D eigenvalue weighted by molar-refractivity contribution is 4.94. The molecule has 0 aromatic rings. The van der Waals surface area contributed by atoms with Crippen molar-refractivity contribution in [2.45, 2.75) is 37.8 Å². The fourth-order valence-electron chi connectivity index (χ4n) is 3.20. The lowest BCUT2D eigenvalue weighted by molar-refractivity contribution is 0.0123. The standard InChI is InChI=1S/C13H25NO3/c1-16-4-5-17-9-12(15)8-14-13-7-10-2-3-11(13)6-10/h10-15H,2-9H2,1H3. The van der Waals surface area contributed by atoms with Crippen LogP contribution >= 0.6 is 0 Å². The third-order valence-corrected chi connectivity index (χ3v) is 4.10. The van der Waals surface area contributed by atoms with E-state index in [1.807, 2.05) is 0 Å². The summed E-state index contributed by atoms with van der Waals surface area (Å²) in [5.74, 6) is 1.81. The van der Waals surface area contributed by atoms with Crippen molar-refractivity contribution in [2.24, 2.45) is 11.8 Å². The van der Waals surface area contributed by atoms with Gasteiger partial charge in [-0.25, -0.2) is 0 Å². The fourth-order valence-corrected chi connectivity index (χ4v) is 3.20. The Morgan fingerprint density at radius 2 is 2.18 bits per heavy atom. The largest absolute Gasteiger partial charge is 0.389 e. The van der Waals surface area contributed by atoms with Crippen molar-refractivity contribution in [1.29, 1.82) is 0 Å². The molecular weight excluding hydrogens is 218 g/mol. The highest BCUT2D eigenvalue weighted by Gasteiger charge is 2.39. The number of aliphatic hydroxyl groups excluding tert-OH is 1. The monoisotopic (exact) mass is 243 g/mol. The first-order valence-corrected chi connectivity index (χ1v) is 6.77. The number of hydrogen-bond donors (Lipinski definition) is 2. The molecule has 0 aromatic carbocycles. The summed E-state index contributed by atoms with van der Waals surface area (Å²) < 4.78 is 10.2. The summed E-state index contributed by atoms with van der Waals surface area (Å²) in [6.45, 7) is 2.20. The molecule has 0 aliphatic heterocycles. The van der Waals surface area contributed by atoms with Gasteiger partial charge in [-0.2, -0.15) is 0 Å². The van der Waals surface area contributed by atoms with E-state index in [1.165, 1.54) is 25.7 Å². The molecule has 4 atom stereocenters. The Hall–Kier alpha value is -0.160. The average molecular weight is 243 g/mol. The number of aliphatic hydroxyl groups is 1. The third-order valence-electron chi connectivity index (χ3n) is 4.10. The molecule has 2 aliphatic rings. The van der Waals surface area contributed by atoms with E-state index in [9.17, 15) is 5.11 Å². The molecule has 2 fully saturated rings. The van der Waals surface area contributed by atoms with Crippen LogP contribution in [0.2, 0.25) is 0 Å². The van der Waals surface area contributed by atoms with Gasteiger partial charge in [0.25, 0.3) is 0 Å². The molecule has 0 amide bonds. The minimum Gasteiger partial charge on any atom is -0.389 e. The maximum atomic E-state index is 9.75. The minimum absolute atomic E-state index is 0.397. The predicted octanol–water partition coefficient (Wildman–Crippen LogP) is 0.788. The van der Waals surface area contributed by atoms with Gasteiger partial charge in [-0.3, -0.25) is 0 Å². The SMILES string of the molecule is COCCOCC(O)CNC1CC2CCC1C2. The maximum Gasteiger partial charge on any atom is 0.0897 e. The first-order chi connectivity index (χ1) is 8.29. The van der Waals surface area contributed by atoms with Crippen LogP contribution in [0.3, 0.4) is 0 Å². The Morgan fingerprint density at radius 3 is 2.82 bits per heavy atom. The maximum absolute atomic E-state index is 9.75. The topological polar surface area (TPSA) is 50.7 Å². The lowest BCUT2D eigenvalue weighted by Crippen LogP contribution is -2.40. The minimum atomic E-state index is -0.397. The summed E-state index contributed by atoms with van der Waals surface area (Å²) >= 11 is 0. The number of rotatable bonds is 8. The van der Waals surface area contributed by atoms with Crippen molar-refractivity contribution in [3.8, 4) is 0 Å². The molecular formula is C13H25NO3. The van der Waals surface area contributed by atoms with Crippen molar-refractivity contribution < 1.29 is 14.6 Å². The lowest BCUT2D eigenvalue weighted by Gasteiger charge is -2.24. The lowest BCUT2D eigenvalue weighted by atomic mass is 9.95. The fraction of sp³-hybridized carbons (Fsp3) is 1.00. The van der Waals surface area contributed by atoms with Crippen LogP contribution in [0.25, 0.3) is 0 Å². The summed E-state index contributed by atoms with van der Waals surface area (Å²) in [7, 11) is 1.65. The Kier molecular flexibility index (Phi) is 5.22. The van der Waals surface area contributed by atoms with E-state index in [2.05, 4.69) is 5.32 Å². The normalized spacial score (nSPS) is 33.2. The number of hydrogen-bond acceptors (Lipinski definition) is 4. The molecule has 17 heavy (non-hydrogen) atoms. The first-order valence-electron chi connectivity index (χ1n) is 6.77. The zero-order valence-corrected chi connectivity index (χ0v) is 10.7. The van der Waals surface area contributed by atoms with E-state index in [0.29, 0.717) is 32.4 Å². The molecule has 0 radical (unpaired) electrons. The van der Waals surface area contributed by atoms with Gasteiger partial charge in [-0.05, 0) is 31.1 Å². The van der Waals surface area contributed by atoms with Gasteiger partial charge in [-0.1, -0.05) is 6.42 Å². The van der Waals surface area contributed by atoms with Gasteiger partial charge in [0.05, 0.1) is 25.9 Å². The van der Waals surface area contributed by atoms with E-state index >= 15 is 0 Å². The van der Waals surface area contributed by atoms with E-state index in [0.717, 1.165) is 11.8 Å².